The van der Waals surface area contributed by atoms with Crippen LogP contribution in [-0.4, -0.2) is 56.5 Å². The zero-order valence-corrected chi connectivity index (χ0v) is 10.5. The zero-order valence-electron chi connectivity index (χ0n) is 10.5. The van der Waals surface area contributed by atoms with Crippen molar-refractivity contribution in [1.82, 2.24) is 10.2 Å². The normalized spacial score (nSPS) is 24.4. The Balaban J connectivity index is 1.76. The molecule has 0 aliphatic carbocycles. The Kier molecular flexibility index (Phi) is 4.62. The molecule has 2 amide bonds. The summed E-state index contributed by atoms with van der Waals surface area (Å²) >= 11 is 0. The molecule has 1 unspecified atom stereocenters. The van der Waals surface area contributed by atoms with Crippen molar-refractivity contribution in [2.45, 2.75) is 25.8 Å². The molecule has 2 aliphatic rings. The molecule has 0 aromatic heterocycles. The third kappa shape index (κ3) is 3.57. The lowest BCUT2D eigenvalue weighted by atomic mass is 9.93. The molecular formula is C12H22N2O3. The van der Waals surface area contributed by atoms with Gasteiger partial charge in [-0.2, -0.15) is 0 Å². The van der Waals surface area contributed by atoms with Gasteiger partial charge in [0.2, 0.25) is 0 Å². The minimum atomic E-state index is 0.0484. The van der Waals surface area contributed by atoms with E-state index in [0.717, 1.165) is 26.1 Å². The molecule has 5 nitrogen and oxygen atoms in total. The van der Waals surface area contributed by atoms with E-state index in [1.165, 1.54) is 0 Å². The summed E-state index contributed by atoms with van der Waals surface area (Å²) in [5.41, 5.74) is 0. The molecule has 0 aromatic carbocycles. The minimum absolute atomic E-state index is 0.0484. The summed E-state index contributed by atoms with van der Waals surface area (Å²) in [4.78, 5) is 13.8. The molecule has 0 saturated carbocycles. The van der Waals surface area contributed by atoms with E-state index < -0.39 is 0 Å². The van der Waals surface area contributed by atoms with Crippen LogP contribution in [0, 0.1) is 5.92 Å². The summed E-state index contributed by atoms with van der Waals surface area (Å²) in [5.74, 6) is 0.550. The number of nitrogens with zero attached hydrogens (tertiary/aromatic N) is 1. The number of carbonyl (C=O) groups excluding carboxylic acids is 1. The first-order chi connectivity index (χ1) is 8.27. The standard InChI is InChI=1S/C12H22N2O3/c1-10(11-2-6-16-7-3-11)13-12(15)14-4-8-17-9-5-14/h10-11H,2-9H2,1H3,(H,13,15). The third-order valence-corrected chi connectivity index (χ3v) is 3.62. The molecule has 2 saturated heterocycles. The molecule has 0 bridgehead atoms. The quantitative estimate of drug-likeness (QED) is 0.781. The molecule has 1 N–H and O–H groups in total. The van der Waals surface area contributed by atoms with Gasteiger partial charge < -0.3 is 19.7 Å². The second-order valence-electron chi connectivity index (χ2n) is 4.79. The first kappa shape index (κ1) is 12.6. The molecule has 0 radical (unpaired) electrons. The van der Waals surface area contributed by atoms with Crippen molar-refractivity contribution < 1.29 is 14.3 Å². The smallest absolute Gasteiger partial charge is 0.317 e. The molecule has 1 atom stereocenters. The van der Waals surface area contributed by atoms with Gasteiger partial charge >= 0.3 is 6.03 Å². The maximum Gasteiger partial charge on any atom is 0.317 e. The molecule has 5 heteroatoms. The minimum Gasteiger partial charge on any atom is -0.381 e. The fraction of sp³-hybridized carbons (Fsp3) is 0.917. The Labute approximate surface area is 102 Å². The van der Waals surface area contributed by atoms with Gasteiger partial charge in [-0.1, -0.05) is 0 Å². The average Bonchev–Trinajstić information content (AvgIpc) is 2.40. The lowest BCUT2D eigenvalue weighted by molar-refractivity contribution is 0.0452. The monoisotopic (exact) mass is 242 g/mol. The van der Waals surface area contributed by atoms with Crippen molar-refractivity contribution >= 4 is 6.03 Å². The van der Waals surface area contributed by atoms with Crippen LogP contribution in [0.2, 0.25) is 0 Å². The molecule has 2 aliphatic heterocycles. The zero-order chi connectivity index (χ0) is 12.1. The van der Waals surface area contributed by atoms with Gasteiger partial charge in [-0.3, -0.25) is 0 Å². The Bertz CT molecular complexity index is 248. The van der Waals surface area contributed by atoms with Gasteiger partial charge in [-0.15, -0.1) is 0 Å². The van der Waals surface area contributed by atoms with Crippen LogP contribution < -0.4 is 5.32 Å². The number of carbonyl (C=O) groups is 1. The van der Waals surface area contributed by atoms with Crippen molar-refractivity contribution in [3.63, 3.8) is 0 Å². The van der Waals surface area contributed by atoms with E-state index in [4.69, 9.17) is 9.47 Å². The highest BCUT2D eigenvalue weighted by molar-refractivity contribution is 5.74. The number of nitrogens with one attached hydrogen (secondary N) is 1. The van der Waals surface area contributed by atoms with E-state index in [0.29, 0.717) is 32.2 Å². The summed E-state index contributed by atoms with van der Waals surface area (Å²) in [6.07, 6.45) is 2.09. The van der Waals surface area contributed by atoms with E-state index in [1.807, 2.05) is 4.90 Å². The molecule has 17 heavy (non-hydrogen) atoms. The summed E-state index contributed by atoms with van der Waals surface area (Å²) in [6, 6.07) is 0.279. The SMILES string of the molecule is CC(NC(=O)N1CCOCC1)C1CCOCC1. The van der Waals surface area contributed by atoms with Crippen LogP contribution in [0.25, 0.3) is 0 Å². The maximum atomic E-state index is 12.0. The van der Waals surface area contributed by atoms with E-state index in [1.54, 1.807) is 0 Å². The first-order valence-corrected chi connectivity index (χ1v) is 6.48. The third-order valence-electron chi connectivity index (χ3n) is 3.62. The highest BCUT2D eigenvalue weighted by Gasteiger charge is 2.24. The molecule has 2 heterocycles. The summed E-state index contributed by atoms with van der Waals surface area (Å²) in [6.45, 7) is 6.44. The number of urea groups is 1. The second-order valence-corrected chi connectivity index (χ2v) is 4.79. The van der Waals surface area contributed by atoms with E-state index in [-0.39, 0.29) is 12.1 Å². The number of rotatable bonds is 2. The van der Waals surface area contributed by atoms with Crippen LogP contribution in [0.4, 0.5) is 4.79 Å². The van der Waals surface area contributed by atoms with Gasteiger partial charge in [0, 0.05) is 32.3 Å². The number of ether oxygens (including phenoxy) is 2. The van der Waals surface area contributed by atoms with Gasteiger partial charge in [0.15, 0.2) is 0 Å². The summed E-state index contributed by atoms with van der Waals surface area (Å²) in [5, 5.41) is 3.10. The number of morpholine rings is 1. The van der Waals surface area contributed by atoms with Crippen molar-refractivity contribution in [3.8, 4) is 0 Å². The number of amides is 2. The fourth-order valence-electron chi connectivity index (χ4n) is 2.39. The molecule has 2 fully saturated rings. The van der Waals surface area contributed by atoms with E-state index >= 15 is 0 Å². The highest BCUT2D eigenvalue weighted by Crippen LogP contribution is 2.18. The van der Waals surface area contributed by atoms with Crippen molar-refractivity contribution in [2.24, 2.45) is 5.92 Å². The Morgan fingerprint density at radius 1 is 1.18 bits per heavy atom. The topological polar surface area (TPSA) is 50.8 Å². The number of hydrogen-bond donors (Lipinski definition) is 1. The molecule has 2 rings (SSSR count). The van der Waals surface area contributed by atoms with Crippen LogP contribution in [0.15, 0.2) is 0 Å². The van der Waals surface area contributed by atoms with Gasteiger partial charge in [0.05, 0.1) is 13.2 Å². The van der Waals surface area contributed by atoms with E-state index in [9.17, 15) is 4.79 Å². The van der Waals surface area contributed by atoms with Crippen LogP contribution in [0.3, 0.4) is 0 Å². The van der Waals surface area contributed by atoms with Crippen LogP contribution in [-0.2, 0) is 9.47 Å². The van der Waals surface area contributed by atoms with Gasteiger partial charge in [-0.25, -0.2) is 4.79 Å². The van der Waals surface area contributed by atoms with Gasteiger partial charge in [0.25, 0.3) is 0 Å². The predicted molar refractivity (Wildman–Crippen MR) is 63.9 cm³/mol. The van der Waals surface area contributed by atoms with Gasteiger partial charge in [-0.05, 0) is 25.7 Å². The largest absolute Gasteiger partial charge is 0.381 e. The average molecular weight is 242 g/mol. The van der Waals surface area contributed by atoms with Crippen molar-refractivity contribution in [3.05, 3.63) is 0 Å². The first-order valence-electron chi connectivity index (χ1n) is 6.48. The highest BCUT2D eigenvalue weighted by atomic mass is 16.5. The number of hydrogen-bond acceptors (Lipinski definition) is 3. The van der Waals surface area contributed by atoms with Crippen LogP contribution in [0.1, 0.15) is 19.8 Å². The maximum absolute atomic E-state index is 12.0. The Morgan fingerprint density at radius 2 is 1.76 bits per heavy atom. The Morgan fingerprint density at radius 3 is 2.41 bits per heavy atom. The fourth-order valence-corrected chi connectivity index (χ4v) is 2.39. The van der Waals surface area contributed by atoms with Crippen LogP contribution in [0.5, 0.6) is 0 Å². The van der Waals surface area contributed by atoms with Gasteiger partial charge in [0.1, 0.15) is 0 Å². The van der Waals surface area contributed by atoms with Crippen molar-refractivity contribution in [1.29, 1.82) is 0 Å². The van der Waals surface area contributed by atoms with Crippen molar-refractivity contribution in [2.75, 3.05) is 39.5 Å². The second kappa shape index (κ2) is 6.21. The molecule has 0 spiro atoms. The summed E-state index contributed by atoms with van der Waals surface area (Å²) < 4.78 is 10.6. The van der Waals surface area contributed by atoms with E-state index in [2.05, 4.69) is 12.2 Å². The molecular weight excluding hydrogens is 220 g/mol. The Hall–Kier alpha value is -0.810. The lowest BCUT2D eigenvalue weighted by Gasteiger charge is -2.32. The predicted octanol–water partition coefficient (Wildman–Crippen LogP) is 0.843. The molecule has 98 valence electrons. The van der Waals surface area contributed by atoms with Crippen LogP contribution >= 0.6 is 0 Å². The molecule has 0 aromatic rings. The summed E-state index contributed by atoms with van der Waals surface area (Å²) in [7, 11) is 0. The lowest BCUT2D eigenvalue weighted by Crippen LogP contribution is -2.50.